The van der Waals surface area contributed by atoms with Gasteiger partial charge in [0.05, 0.1) is 6.54 Å². The number of urea groups is 1. The summed E-state index contributed by atoms with van der Waals surface area (Å²) in [6.07, 6.45) is 7.35. The van der Waals surface area contributed by atoms with Crippen molar-refractivity contribution in [1.82, 2.24) is 35.2 Å². The van der Waals surface area contributed by atoms with Gasteiger partial charge in [-0.05, 0) is 42.2 Å². The standard InChI is InChI=1S/C27H37N7O2/c1-27(2,3)20-11-9-18(10-12-20)17-34-24-22(31-32-34)25(35)30-23(29-24)19-13-15-33(16-14-19)26(36)28-21-7-5-4-6-8-21/h9-12,19,21H,4-8,13-17H2,1-3H3,(H,28,36)(H,29,30,35). The Bertz CT molecular complexity index is 1260. The smallest absolute Gasteiger partial charge is 0.317 e. The lowest BCUT2D eigenvalue weighted by molar-refractivity contribution is 0.173. The Morgan fingerprint density at radius 2 is 1.75 bits per heavy atom. The molecule has 2 aliphatic rings. The summed E-state index contributed by atoms with van der Waals surface area (Å²) < 4.78 is 1.70. The van der Waals surface area contributed by atoms with E-state index < -0.39 is 0 Å². The van der Waals surface area contributed by atoms with Crippen LogP contribution in [0, 0.1) is 0 Å². The molecule has 0 unspecified atom stereocenters. The minimum Gasteiger partial charge on any atom is -0.335 e. The van der Waals surface area contributed by atoms with E-state index in [0.717, 1.165) is 31.2 Å². The third-order valence-electron chi connectivity index (χ3n) is 7.65. The zero-order chi connectivity index (χ0) is 25.3. The van der Waals surface area contributed by atoms with Crippen LogP contribution in [0.5, 0.6) is 0 Å². The average molecular weight is 492 g/mol. The lowest BCUT2D eigenvalue weighted by Crippen LogP contribution is -2.48. The molecule has 36 heavy (non-hydrogen) atoms. The summed E-state index contributed by atoms with van der Waals surface area (Å²) in [6.45, 7) is 8.39. The van der Waals surface area contributed by atoms with Crippen LogP contribution in [0.25, 0.3) is 11.2 Å². The third kappa shape index (κ3) is 5.29. The number of nitrogens with zero attached hydrogens (tertiary/aromatic N) is 5. The van der Waals surface area contributed by atoms with Gasteiger partial charge in [-0.1, -0.05) is 69.5 Å². The number of aromatic nitrogens is 5. The van der Waals surface area contributed by atoms with Gasteiger partial charge in [0.25, 0.3) is 5.56 Å². The maximum atomic E-state index is 12.8. The largest absolute Gasteiger partial charge is 0.335 e. The number of rotatable bonds is 4. The number of amides is 2. The van der Waals surface area contributed by atoms with Gasteiger partial charge in [-0.15, -0.1) is 5.10 Å². The Balaban J connectivity index is 1.27. The SMILES string of the molecule is CC(C)(C)c1ccc(Cn2nnc3c(=O)[nH]c(C4CCN(C(=O)NC5CCCCC5)CC4)nc32)cc1. The van der Waals surface area contributed by atoms with E-state index in [0.29, 0.717) is 37.1 Å². The highest BCUT2D eigenvalue weighted by atomic mass is 16.2. The number of fused-ring (bicyclic) bond motifs is 1. The van der Waals surface area contributed by atoms with E-state index in [9.17, 15) is 9.59 Å². The van der Waals surface area contributed by atoms with E-state index in [-0.39, 0.29) is 28.4 Å². The second-order valence-electron chi connectivity index (χ2n) is 11.4. The predicted molar refractivity (Wildman–Crippen MR) is 139 cm³/mol. The number of likely N-dealkylation sites (tertiary alicyclic amines) is 1. The zero-order valence-electron chi connectivity index (χ0n) is 21.6. The topological polar surface area (TPSA) is 109 Å². The van der Waals surface area contributed by atoms with Crippen molar-refractivity contribution in [2.75, 3.05) is 13.1 Å². The average Bonchev–Trinajstić information content (AvgIpc) is 3.27. The van der Waals surface area contributed by atoms with E-state index in [1.807, 2.05) is 4.90 Å². The van der Waals surface area contributed by atoms with Crippen LogP contribution in [-0.2, 0) is 12.0 Å². The van der Waals surface area contributed by atoms with Crippen molar-refractivity contribution in [3.8, 4) is 0 Å². The fourth-order valence-corrected chi connectivity index (χ4v) is 5.34. The molecule has 1 saturated heterocycles. The first kappa shape index (κ1) is 24.5. The molecule has 2 N–H and O–H groups in total. The zero-order valence-corrected chi connectivity index (χ0v) is 21.6. The van der Waals surface area contributed by atoms with Gasteiger partial charge >= 0.3 is 6.03 Å². The molecule has 0 atom stereocenters. The van der Waals surface area contributed by atoms with Gasteiger partial charge in [0.2, 0.25) is 0 Å². The molecule has 0 spiro atoms. The van der Waals surface area contributed by atoms with Crippen LogP contribution in [0.1, 0.15) is 88.6 Å². The molecular weight excluding hydrogens is 454 g/mol. The summed E-state index contributed by atoms with van der Waals surface area (Å²) in [6, 6.07) is 8.81. The normalized spacial score (nSPS) is 18.0. The monoisotopic (exact) mass is 491 g/mol. The van der Waals surface area contributed by atoms with E-state index in [4.69, 9.17) is 4.98 Å². The van der Waals surface area contributed by atoms with Gasteiger partial charge in [-0.2, -0.15) is 0 Å². The fraction of sp³-hybridized carbons (Fsp3) is 0.593. The summed E-state index contributed by atoms with van der Waals surface area (Å²) in [5.41, 5.74) is 2.94. The van der Waals surface area contributed by atoms with Crippen LogP contribution in [0.4, 0.5) is 4.79 Å². The molecule has 1 aliphatic carbocycles. The van der Waals surface area contributed by atoms with Gasteiger partial charge in [-0.25, -0.2) is 14.5 Å². The number of hydrogen-bond acceptors (Lipinski definition) is 5. The van der Waals surface area contributed by atoms with Gasteiger partial charge in [0, 0.05) is 25.0 Å². The summed E-state index contributed by atoms with van der Waals surface area (Å²) in [5.74, 6) is 0.752. The molecule has 2 amide bonds. The first-order valence-electron chi connectivity index (χ1n) is 13.3. The minimum atomic E-state index is -0.262. The maximum absolute atomic E-state index is 12.8. The summed E-state index contributed by atoms with van der Waals surface area (Å²) in [5, 5.41) is 11.5. The number of hydrogen-bond donors (Lipinski definition) is 2. The minimum absolute atomic E-state index is 0.0389. The van der Waals surface area contributed by atoms with Gasteiger partial charge in [0.15, 0.2) is 11.2 Å². The van der Waals surface area contributed by atoms with Crippen molar-refractivity contribution in [3.63, 3.8) is 0 Å². The molecular formula is C27H37N7O2. The summed E-state index contributed by atoms with van der Waals surface area (Å²) in [4.78, 5) is 35.1. The van der Waals surface area contributed by atoms with Crippen molar-refractivity contribution in [3.05, 3.63) is 51.6 Å². The predicted octanol–water partition coefficient (Wildman–Crippen LogP) is 4.08. The number of aromatic amines is 1. The van der Waals surface area contributed by atoms with Crippen LogP contribution in [0.2, 0.25) is 0 Å². The van der Waals surface area contributed by atoms with E-state index in [1.165, 1.54) is 24.8 Å². The lowest BCUT2D eigenvalue weighted by Gasteiger charge is -2.33. The molecule has 0 bridgehead atoms. The number of H-pyrrole nitrogens is 1. The molecule has 9 heteroatoms. The number of benzene rings is 1. The van der Waals surface area contributed by atoms with Gasteiger partial charge in [0.1, 0.15) is 5.82 Å². The highest BCUT2D eigenvalue weighted by molar-refractivity contribution is 5.74. The number of piperidine rings is 1. The van der Waals surface area contributed by atoms with Crippen LogP contribution in [-0.4, -0.2) is 55.0 Å². The van der Waals surface area contributed by atoms with E-state index >= 15 is 0 Å². The van der Waals surface area contributed by atoms with Crippen molar-refractivity contribution in [2.24, 2.45) is 0 Å². The molecule has 192 valence electrons. The van der Waals surface area contributed by atoms with Crippen LogP contribution in [0.3, 0.4) is 0 Å². The van der Waals surface area contributed by atoms with Crippen LogP contribution < -0.4 is 10.9 Å². The van der Waals surface area contributed by atoms with Crippen molar-refractivity contribution >= 4 is 17.2 Å². The van der Waals surface area contributed by atoms with Crippen molar-refractivity contribution in [2.45, 2.75) is 89.6 Å². The molecule has 2 fully saturated rings. The Kier molecular flexibility index (Phi) is 6.81. The summed E-state index contributed by atoms with van der Waals surface area (Å²) in [7, 11) is 0. The molecule has 1 aromatic carbocycles. The van der Waals surface area contributed by atoms with Crippen molar-refractivity contribution < 1.29 is 4.79 Å². The molecule has 1 saturated carbocycles. The number of nitrogens with one attached hydrogen (secondary N) is 2. The fourth-order valence-electron chi connectivity index (χ4n) is 5.34. The lowest BCUT2D eigenvalue weighted by atomic mass is 9.87. The molecule has 3 heterocycles. The Morgan fingerprint density at radius 1 is 1.06 bits per heavy atom. The first-order valence-corrected chi connectivity index (χ1v) is 13.3. The van der Waals surface area contributed by atoms with E-state index in [1.54, 1.807) is 4.68 Å². The third-order valence-corrected chi connectivity index (χ3v) is 7.65. The van der Waals surface area contributed by atoms with E-state index in [2.05, 4.69) is 65.6 Å². The van der Waals surface area contributed by atoms with Gasteiger partial charge < -0.3 is 15.2 Å². The Hall–Kier alpha value is -3.23. The highest BCUT2D eigenvalue weighted by Crippen LogP contribution is 2.27. The second kappa shape index (κ2) is 10.0. The molecule has 3 aromatic rings. The molecule has 2 aromatic heterocycles. The van der Waals surface area contributed by atoms with Crippen LogP contribution in [0.15, 0.2) is 29.1 Å². The maximum Gasteiger partial charge on any atom is 0.317 e. The molecule has 5 rings (SSSR count). The number of carbonyl (C=O) groups is 1. The second-order valence-corrected chi connectivity index (χ2v) is 11.4. The Morgan fingerprint density at radius 3 is 2.42 bits per heavy atom. The van der Waals surface area contributed by atoms with Gasteiger partial charge in [-0.3, -0.25) is 4.79 Å². The first-order chi connectivity index (χ1) is 17.3. The molecule has 9 nitrogen and oxygen atoms in total. The summed E-state index contributed by atoms with van der Waals surface area (Å²) >= 11 is 0. The number of carbonyl (C=O) groups excluding carboxylic acids is 1. The quantitative estimate of drug-likeness (QED) is 0.572. The van der Waals surface area contributed by atoms with Crippen LogP contribution >= 0.6 is 0 Å². The molecule has 1 aliphatic heterocycles. The van der Waals surface area contributed by atoms with Crippen molar-refractivity contribution in [1.29, 1.82) is 0 Å². The highest BCUT2D eigenvalue weighted by Gasteiger charge is 2.28. The Labute approximate surface area is 211 Å². The molecule has 0 radical (unpaired) electrons.